The molecule has 0 aromatic heterocycles. The summed E-state index contributed by atoms with van der Waals surface area (Å²) in [6.45, 7) is 3.94. The van der Waals surface area contributed by atoms with Crippen molar-refractivity contribution in [3.05, 3.63) is 42.5 Å². The summed E-state index contributed by atoms with van der Waals surface area (Å²) >= 11 is 0. The van der Waals surface area contributed by atoms with Gasteiger partial charge in [0.2, 0.25) is 0 Å². The summed E-state index contributed by atoms with van der Waals surface area (Å²) < 4.78 is 9.72. The molecule has 0 saturated heterocycles. The lowest BCUT2D eigenvalue weighted by Gasteiger charge is -2.07. The quantitative estimate of drug-likeness (QED) is 0.452. The van der Waals surface area contributed by atoms with Crippen LogP contribution < -0.4 is 5.32 Å². The standard InChI is InChI=1S/C12H15NO3/c1-10(8-16-9-15-2)12(14)13-11-6-4-3-5-7-11/h3-7H,1,8-9H2,2H3,(H,13,14). The zero-order valence-corrected chi connectivity index (χ0v) is 9.23. The van der Waals surface area contributed by atoms with Gasteiger partial charge in [0.05, 0.1) is 6.61 Å². The Labute approximate surface area is 94.9 Å². The van der Waals surface area contributed by atoms with E-state index in [2.05, 4.69) is 11.9 Å². The Bertz CT molecular complexity index is 349. The summed E-state index contributed by atoms with van der Waals surface area (Å²) in [4.78, 5) is 11.6. The van der Waals surface area contributed by atoms with E-state index in [9.17, 15) is 4.79 Å². The maximum absolute atomic E-state index is 11.6. The molecule has 0 bridgehead atoms. The van der Waals surface area contributed by atoms with Gasteiger partial charge in [0.15, 0.2) is 0 Å². The Balaban J connectivity index is 2.38. The van der Waals surface area contributed by atoms with Crippen molar-refractivity contribution in [3.8, 4) is 0 Å². The summed E-state index contributed by atoms with van der Waals surface area (Å²) in [5.74, 6) is -0.248. The van der Waals surface area contributed by atoms with Crippen LogP contribution in [-0.4, -0.2) is 26.4 Å². The molecule has 1 rings (SSSR count). The molecule has 1 aromatic rings. The smallest absolute Gasteiger partial charge is 0.253 e. The van der Waals surface area contributed by atoms with E-state index >= 15 is 0 Å². The third-order valence-corrected chi connectivity index (χ3v) is 1.83. The molecule has 16 heavy (non-hydrogen) atoms. The highest BCUT2D eigenvalue weighted by molar-refractivity contribution is 6.03. The van der Waals surface area contributed by atoms with Crippen LogP contribution in [-0.2, 0) is 14.3 Å². The molecule has 1 amide bonds. The van der Waals surface area contributed by atoms with Crippen molar-refractivity contribution < 1.29 is 14.3 Å². The highest BCUT2D eigenvalue weighted by Gasteiger charge is 2.06. The Morgan fingerprint density at radius 1 is 1.38 bits per heavy atom. The second-order valence-corrected chi connectivity index (χ2v) is 3.18. The molecule has 0 aliphatic rings. The predicted molar refractivity (Wildman–Crippen MR) is 62.0 cm³/mol. The fourth-order valence-corrected chi connectivity index (χ4v) is 1.05. The van der Waals surface area contributed by atoms with E-state index in [1.165, 1.54) is 7.11 Å². The molecular formula is C12H15NO3. The highest BCUT2D eigenvalue weighted by atomic mass is 16.7. The molecular weight excluding hydrogens is 206 g/mol. The van der Waals surface area contributed by atoms with E-state index in [1.807, 2.05) is 18.2 Å². The molecule has 0 fully saturated rings. The van der Waals surface area contributed by atoms with Crippen LogP contribution in [0.5, 0.6) is 0 Å². The maximum atomic E-state index is 11.6. The summed E-state index contributed by atoms with van der Waals surface area (Å²) in [5, 5.41) is 2.71. The van der Waals surface area contributed by atoms with Crippen molar-refractivity contribution in [1.82, 2.24) is 0 Å². The van der Waals surface area contributed by atoms with Crippen molar-refractivity contribution in [2.75, 3.05) is 25.8 Å². The monoisotopic (exact) mass is 221 g/mol. The lowest BCUT2D eigenvalue weighted by molar-refractivity contribution is -0.114. The van der Waals surface area contributed by atoms with Gasteiger partial charge in [0.1, 0.15) is 6.79 Å². The van der Waals surface area contributed by atoms with Crippen molar-refractivity contribution in [3.63, 3.8) is 0 Å². The maximum Gasteiger partial charge on any atom is 0.253 e. The Kier molecular flexibility index (Phi) is 5.25. The normalized spacial score (nSPS) is 9.81. The number of para-hydroxylation sites is 1. The molecule has 0 radical (unpaired) electrons. The zero-order valence-electron chi connectivity index (χ0n) is 9.23. The molecule has 0 aliphatic carbocycles. The SMILES string of the molecule is C=C(COCOC)C(=O)Nc1ccccc1. The molecule has 4 heteroatoms. The van der Waals surface area contributed by atoms with Crippen molar-refractivity contribution in [1.29, 1.82) is 0 Å². The molecule has 4 nitrogen and oxygen atoms in total. The molecule has 1 N–H and O–H groups in total. The van der Waals surface area contributed by atoms with Gasteiger partial charge in [-0.25, -0.2) is 0 Å². The van der Waals surface area contributed by atoms with E-state index in [0.29, 0.717) is 5.57 Å². The van der Waals surface area contributed by atoms with Crippen LogP contribution in [0.3, 0.4) is 0 Å². The zero-order chi connectivity index (χ0) is 11.8. The van der Waals surface area contributed by atoms with Gasteiger partial charge in [-0.2, -0.15) is 0 Å². The van der Waals surface area contributed by atoms with Crippen molar-refractivity contribution >= 4 is 11.6 Å². The molecule has 0 aliphatic heterocycles. The third kappa shape index (κ3) is 4.25. The van der Waals surface area contributed by atoms with Crippen LogP contribution in [0.4, 0.5) is 5.69 Å². The van der Waals surface area contributed by atoms with Gasteiger partial charge in [-0.05, 0) is 12.1 Å². The summed E-state index contributed by atoms with van der Waals surface area (Å²) in [6.07, 6.45) is 0. The minimum atomic E-state index is -0.248. The van der Waals surface area contributed by atoms with Gasteiger partial charge in [-0.15, -0.1) is 0 Å². The fraction of sp³-hybridized carbons (Fsp3) is 0.250. The number of hydrogen-bond donors (Lipinski definition) is 1. The summed E-state index contributed by atoms with van der Waals surface area (Å²) in [7, 11) is 1.52. The van der Waals surface area contributed by atoms with E-state index in [1.54, 1.807) is 12.1 Å². The average molecular weight is 221 g/mol. The first-order valence-electron chi connectivity index (χ1n) is 4.85. The largest absolute Gasteiger partial charge is 0.359 e. The minimum Gasteiger partial charge on any atom is -0.359 e. The number of carbonyl (C=O) groups is 1. The Morgan fingerprint density at radius 2 is 2.06 bits per heavy atom. The molecule has 0 heterocycles. The predicted octanol–water partition coefficient (Wildman–Crippen LogP) is 1.80. The van der Waals surface area contributed by atoms with Crippen LogP contribution in [0.1, 0.15) is 0 Å². The average Bonchev–Trinajstić information content (AvgIpc) is 2.30. The molecule has 86 valence electrons. The number of amides is 1. The Morgan fingerprint density at radius 3 is 2.69 bits per heavy atom. The summed E-state index contributed by atoms with van der Waals surface area (Å²) in [6, 6.07) is 9.19. The number of benzene rings is 1. The van der Waals surface area contributed by atoms with Gasteiger partial charge in [0, 0.05) is 18.4 Å². The van der Waals surface area contributed by atoms with E-state index in [-0.39, 0.29) is 19.3 Å². The number of methoxy groups -OCH3 is 1. The first-order chi connectivity index (χ1) is 7.74. The molecule has 1 aromatic carbocycles. The van der Waals surface area contributed by atoms with Crippen LogP contribution >= 0.6 is 0 Å². The van der Waals surface area contributed by atoms with Crippen LogP contribution in [0.15, 0.2) is 42.5 Å². The number of hydrogen-bond acceptors (Lipinski definition) is 3. The number of carbonyl (C=O) groups excluding carboxylic acids is 1. The van der Waals surface area contributed by atoms with Gasteiger partial charge in [0.25, 0.3) is 5.91 Å². The lowest BCUT2D eigenvalue weighted by atomic mass is 10.2. The van der Waals surface area contributed by atoms with Crippen LogP contribution in [0.25, 0.3) is 0 Å². The number of ether oxygens (including phenoxy) is 2. The Hall–Kier alpha value is -1.65. The van der Waals surface area contributed by atoms with Gasteiger partial charge < -0.3 is 14.8 Å². The van der Waals surface area contributed by atoms with Crippen LogP contribution in [0, 0.1) is 0 Å². The van der Waals surface area contributed by atoms with E-state index in [4.69, 9.17) is 9.47 Å². The lowest BCUT2D eigenvalue weighted by Crippen LogP contribution is -2.17. The first-order valence-corrected chi connectivity index (χ1v) is 4.85. The number of anilines is 1. The number of nitrogens with one attached hydrogen (secondary N) is 1. The third-order valence-electron chi connectivity index (χ3n) is 1.83. The van der Waals surface area contributed by atoms with Crippen LogP contribution in [0.2, 0.25) is 0 Å². The highest BCUT2D eigenvalue weighted by Crippen LogP contribution is 2.06. The van der Waals surface area contributed by atoms with E-state index in [0.717, 1.165) is 5.69 Å². The second kappa shape index (κ2) is 6.76. The van der Waals surface area contributed by atoms with Gasteiger partial charge in [-0.3, -0.25) is 4.79 Å². The van der Waals surface area contributed by atoms with Crippen molar-refractivity contribution in [2.45, 2.75) is 0 Å². The van der Waals surface area contributed by atoms with Gasteiger partial charge in [-0.1, -0.05) is 24.8 Å². The first kappa shape index (κ1) is 12.4. The fourth-order valence-electron chi connectivity index (χ4n) is 1.05. The minimum absolute atomic E-state index is 0.150. The molecule has 0 unspecified atom stereocenters. The topological polar surface area (TPSA) is 47.6 Å². The molecule has 0 atom stereocenters. The van der Waals surface area contributed by atoms with Crippen molar-refractivity contribution in [2.24, 2.45) is 0 Å². The summed E-state index contributed by atoms with van der Waals surface area (Å²) in [5.41, 5.74) is 1.10. The second-order valence-electron chi connectivity index (χ2n) is 3.18. The molecule has 0 spiro atoms. The number of rotatable bonds is 6. The molecule has 0 saturated carbocycles. The van der Waals surface area contributed by atoms with E-state index < -0.39 is 0 Å². The van der Waals surface area contributed by atoms with Gasteiger partial charge >= 0.3 is 0 Å².